The van der Waals surface area contributed by atoms with Gasteiger partial charge < -0.3 is 14.0 Å². The minimum Gasteiger partial charge on any atom is -0.335 e. The molecule has 3 aliphatic carbocycles. The summed E-state index contributed by atoms with van der Waals surface area (Å²) in [5, 5.41) is 1.02. The van der Waals surface area contributed by atoms with E-state index >= 15 is 4.39 Å². The summed E-state index contributed by atoms with van der Waals surface area (Å²) >= 11 is 0. The Kier molecular flexibility index (Phi) is 5.02. The molecule has 1 saturated heterocycles. The minimum absolute atomic E-state index is 0.0802. The average Bonchev–Trinajstić information content (AvgIpc) is 3.52. The van der Waals surface area contributed by atoms with Crippen LogP contribution in [-0.2, 0) is 23.0 Å². The van der Waals surface area contributed by atoms with Crippen LogP contribution in [0.3, 0.4) is 0 Å². The van der Waals surface area contributed by atoms with E-state index in [2.05, 4.69) is 15.6 Å². The zero-order valence-corrected chi connectivity index (χ0v) is 23.3. The maximum Gasteiger partial charge on any atom is 0.254 e. The van der Waals surface area contributed by atoms with Gasteiger partial charge in [0.25, 0.3) is 5.91 Å². The third-order valence-corrected chi connectivity index (χ3v) is 11.0. The number of halogens is 1. The van der Waals surface area contributed by atoms with E-state index in [1.165, 1.54) is 25.3 Å². The Balaban J connectivity index is 1.26. The second-order valence-electron chi connectivity index (χ2n) is 12.8. The van der Waals surface area contributed by atoms with Crippen molar-refractivity contribution in [2.75, 3.05) is 24.8 Å². The number of imidazole rings is 1. The van der Waals surface area contributed by atoms with Crippen molar-refractivity contribution in [2.24, 2.45) is 23.7 Å². The van der Waals surface area contributed by atoms with E-state index in [9.17, 15) is 9.00 Å². The molecule has 1 aliphatic heterocycles. The molecule has 39 heavy (non-hydrogen) atoms. The molecule has 4 heterocycles. The molecule has 0 radical (unpaired) electrons. The third kappa shape index (κ3) is 3.72. The first-order valence-corrected chi connectivity index (χ1v) is 17.0. The van der Waals surface area contributed by atoms with Crippen LogP contribution < -0.4 is 0 Å². The first-order valence-electron chi connectivity index (χ1n) is 14.2. The van der Waals surface area contributed by atoms with Gasteiger partial charge in [0.2, 0.25) is 0 Å². The Hall–Kier alpha value is -3.07. The smallest absolute Gasteiger partial charge is 0.254 e. The lowest BCUT2D eigenvalue weighted by molar-refractivity contribution is -0.0204. The number of aryl methyl sites for hydroxylation is 1. The van der Waals surface area contributed by atoms with Crippen LogP contribution in [0.5, 0.6) is 0 Å². The van der Waals surface area contributed by atoms with Gasteiger partial charge in [0, 0.05) is 48.6 Å². The second-order valence-corrected chi connectivity index (χ2v) is 16.4. The molecule has 9 heteroatoms. The molecule has 0 N–H and O–H groups in total. The van der Waals surface area contributed by atoms with Crippen LogP contribution in [0.25, 0.3) is 33.6 Å². The highest BCUT2D eigenvalue weighted by Crippen LogP contribution is 2.60. The summed E-state index contributed by atoms with van der Waals surface area (Å²) in [5.74, 6) is 3.23. The Morgan fingerprint density at radius 2 is 1.97 bits per heavy atom. The van der Waals surface area contributed by atoms with Gasteiger partial charge in [0.05, 0.1) is 11.2 Å². The van der Waals surface area contributed by atoms with Gasteiger partial charge in [-0.25, -0.2) is 14.4 Å². The van der Waals surface area contributed by atoms with Crippen LogP contribution in [0.1, 0.15) is 36.0 Å². The number of hydrogen-bond acceptors (Lipinski definition) is 4. The summed E-state index contributed by atoms with van der Waals surface area (Å²) in [6, 6.07) is 9.52. The lowest BCUT2D eigenvalue weighted by atomic mass is 9.53. The number of carbonyl (C=O) groups is 1. The SMILES string of the molecule is C[SH](C)(=O)CCn1c(-c2cc3cccnc3n2CC2CC2)nc2cc(C(=O)N3C[C@H]4CC5C[C@@H]3[C@H]54)cc(F)c21. The molecule has 1 aromatic carbocycles. The first-order chi connectivity index (χ1) is 18.7. The summed E-state index contributed by atoms with van der Waals surface area (Å²) < 4.78 is 32.8. The fraction of sp³-hybridized carbons (Fsp3) is 0.500. The molecular weight excluding hydrogens is 513 g/mol. The molecule has 1 unspecified atom stereocenters. The number of aromatic nitrogens is 4. The number of fused-ring (bicyclic) bond motifs is 2. The van der Waals surface area contributed by atoms with Gasteiger partial charge in [-0.3, -0.25) is 9.00 Å². The number of nitrogens with zero attached hydrogens (tertiary/aromatic N) is 5. The van der Waals surface area contributed by atoms with Crippen molar-refractivity contribution < 1.29 is 13.4 Å². The number of thiol groups is 1. The van der Waals surface area contributed by atoms with Gasteiger partial charge in [0.1, 0.15) is 17.0 Å². The lowest BCUT2D eigenvalue weighted by Crippen LogP contribution is -2.53. The molecule has 4 fully saturated rings. The zero-order valence-electron chi connectivity index (χ0n) is 22.4. The molecule has 8 rings (SSSR count). The lowest BCUT2D eigenvalue weighted by Gasteiger charge is -2.52. The van der Waals surface area contributed by atoms with Crippen LogP contribution in [0.15, 0.2) is 36.5 Å². The molecule has 4 aliphatic rings. The van der Waals surface area contributed by atoms with Crippen molar-refractivity contribution in [3.63, 3.8) is 0 Å². The minimum atomic E-state index is -2.36. The summed E-state index contributed by atoms with van der Waals surface area (Å²) in [7, 11) is -2.36. The normalized spacial score (nSPS) is 26.1. The van der Waals surface area contributed by atoms with Crippen molar-refractivity contribution in [1.29, 1.82) is 0 Å². The van der Waals surface area contributed by atoms with Crippen molar-refractivity contribution in [2.45, 2.75) is 44.8 Å². The molecule has 3 saturated carbocycles. The predicted octanol–water partition coefficient (Wildman–Crippen LogP) is 4.36. The molecule has 3 aromatic heterocycles. The standard InChI is InChI=1S/C30H34FN5O2S/c1-39(2,38)9-8-34-27-22(31)11-20(30(37)36-16-21-10-19-14-24(36)26(19)21)12-23(27)33-29(34)25-13-18-4-3-7-32-28(18)35(25)15-17-5-6-17/h3-4,7,11-13,17,19,21,24,26,39H,5-6,8-10,14-16H2,1-2H3/t19?,21-,24-,26-/m1/s1. The molecular formula is C30H34FN5O2S. The van der Waals surface area contributed by atoms with Gasteiger partial charge in [-0.15, -0.1) is 9.93 Å². The highest BCUT2D eigenvalue weighted by Gasteiger charge is 2.61. The second kappa shape index (κ2) is 8.22. The fourth-order valence-electron chi connectivity index (χ4n) is 7.47. The van der Waals surface area contributed by atoms with Crippen LogP contribution in [0.4, 0.5) is 4.39 Å². The molecule has 204 valence electrons. The largest absolute Gasteiger partial charge is 0.335 e. The van der Waals surface area contributed by atoms with Gasteiger partial charge in [0.15, 0.2) is 5.82 Å². The Morgan fingerprint density at radius 1 is 1.13 bits per heavy atom. The van der Waals surface area contributed by atoms with Crippen molar-refractivity contribution in [1.82, 2.24) is 24.0 Å². The number of rotatable bonds is 7. The summed E-state index contributed by atoms with van der Waals surface area (Å²) in [6.45, 7) is 2.02. The highest BCUT2D eigenvalue weighted by atomic mass is 32.2. The molecule has 4 atom stereocenters. The van der Waals surface area contributed by atoms with E-state index in [4.69, 9.17) is 4.98 Å². The predicted molar refractivity (Wildman–Crippen MR) is 152 cm³/mol. The average molecular weight is 548 g/mol. The fourth-order valence-corrected chi connectivity index (χ4v) is 8.16. The quantitative estimate of drug-likeness (QED) is 0.349. The number of amides is 1. The van der Waals surface area contributed by atoms with Crippen molar-refractivity contribution in [3.8, 4) is 11.5 Å². The van der Waals surface area contributed by atoms with Gasteiger partial charge in [-0.05, 0) is 92.2 Å². The van der Waals surface area contributed by atoms with E-state index in [1.54, 1.807) is 24.8 Å². The molecule has 0 spiro atoms. The topological polar surface area (TPSA) is 73.0 Å². The summed E-state index contributed by atoms with van der Waals surface area (Å²) in [4.78, 5) is 25.2. The van der Waals surface area contributed by atoms with Gasteiger partial charge in [-0.2, -0.15) is 0 Å². The Morgan fingerprint density at radius 3 is 2.72 bits per heavy atom. The maximum atomic E-state index is 16.0. The van der Waals surface area contributed by atoms with Crippen LogP contribution in [0, 0.1) is 29.5 Å². The monoisotopic (exact) mass is 547 g/mol. The first kappa shape index (κ1) is 23.8. The number of hydrogen-bond donors (Lipinski definition) is 1. The Labute approximate surface area is 227 Å². The van der Waals surface area contributed by atoms with E-state index in [0.717, 1.165) is 42.2 Å². The Bertz CT molecular complexity index is 1720. The highest BCUT2D eigenvalue weighted by molar-refractivity contribution is 8.01. The number of carbonyl (C=O) groups excluding carboxylic acids is 1. The van der Waals surface area contributed by atoms with Gasteiger partial charge >= 0.3 is 0 Å². The maximum absolute atomic E-state index is 16.0. The number of likely N-dealkylation sites (tertiary alicyclic amines) is 1. The van der Waals surface area contributed by atoms with E-state index in [1.807, 2.05) is 21.6 Å². The van der Waals surface area contributed by atoms with E-state index in [0.29, 0.717) is 58.5 Å². The van der Waals surface area contributed by atoms with E-state index < -0.39 is 15.7 Å². The molecule has 7 nitrogen and oxygen atoms in total. The number of benzene rings is 1. The number of pyridine rings is 1. The summed E-state index contributed by atoms with van der Waals surface area (Å²) in [5.41, 5.74) is 3.00. The van der Waals surface area contributed by atoms with Crippen LogP contribution in [-0.4, -0.2) is 65.0 Å². The van der Waals surface area contributed by atoms with Crippen molar-refractivity contribution >= 4 is 37.9 Å². The van der Waals surface area contributed by atoms with Crippen LogP contribution in [0.2, 0.25) is 0 Å². The molecule has 4 aromatic rings. The zero-order chi connectivity index (χ0) is 26.6. The third-order valence-electron chi connectivity index (χ3n) is 9.70. The molecule has 0 bridgehead atoms. The van der Waals surface area contributed by atoms with Gasteiger partial charge in [-0.1, -0.05) is 0 Å². The molecule has 1 amide bonds. The van der Waals surface area contributed by atoms with Crippen LogP contribution >= 0.6 is 0 Å². The van der Waals surface area contributed by atoms with E-state index in [-0.39, 0.29) is 5.91 Å². The summed E-state index contributed by atoms with van der Waals surface area (Å²) in [6.07, 6.45) is 10.0. The van der Waals surface area contributed by atoms with Crippen molar-refractivity contribution in [3.05, 3.63) is 47.9 Å².